The van der Waals surface area contributed by atoms with Gasteiger partial charge in [0.05, 0.1) is 5.69 Å². The van der Waals surface area contributed by atoms with Gasteiger partial charge in [-0.25, -0.2) is 14.4 Å². The van der Waals surface area contributed by atoms with Crippen LogP contribution in [0.25, 0.3) is 11.1 Å². The maximum absolute atomic E-state index is 13.1. The van der Waals surface area contributed by atoms with E-state index in [1.807, 2.05) is 29.2 Å². The van der Waals surface area contributed by atoms with Crippen LogP contribution in [0.5, 0.6) is 0 Å². The Morgan fingerprint density at radius 2 is 1.90 bits per heavy atom. The van der Waals surface area contributed by atoms with Gasteiger partial charge in [-0.1, -0.05) is 35.9 Å². The number of benzene rings is 2. The molecule has 1 amide bonds. The lowest BCUT2D eigenvalue weighted by Crippen LogP contribution is -2.39. The van der Waals surface area contributed by atoms with Gasteiger partial charge in [0, 0.05) is 42.2 Å². The Morgan fingerprint density at radius 3 is 2.65 bits per heavy atom. The third-order valence-electron chi connectivity index (χ3n) is 5.69. The number of aromatic nitrogens is 2. The molecule has 2 N–H and O–H groups in total. The summed E-state index contributed by atoms with van der Waals surface area (Å²) in [6.45, 7) is 1.33. The van der Waals surface area contributed by atoms with Crippen LogP contribution in [0.1, 0.15) is 36.4 Å². The quantitative estimate of drug-likeness (QED) is 0.617. The molecule has 1 atom stereocenters. The Balaban J connectivity index is 1.49. The molecule has 0 bridgehead atoms. The molecule has 5 nitrogen and oxygen atoms in total. The number of piperidine rings is 1. The van der Waals surface area contributed by atoms with Gasteiger partial charge in [-0.2, -0.15) is 0 Å². The minimum absolute atomic E-state index is 0.0829. The van der Waals surface area contributed by atoms with Crippen molar-refractivity contribution in [1.82, 2.24) is 14.9 Å². The normalized spacial score (nSPS) is 16.3. The molecule has 1 aliphatic heterocycles. The minimum atomic E-state index is -0.269. The largest absolute Gasteiger partial charge is 0.368 e. The molecule has 2 aromatic carbocycles. The Morgan fingerprint density at radius 1 is 1.16 bits per heavy atom. The van der Waals surface area contributed by atoms with E-state index in [1.165, 1.54) is 12.1 Å². The van der Waals surface area contributed by atoms with Crippen LogP contribution >= 0.6 is 11.6 Å². The summed E-state index contributed by atoms with van der Waals surface area (Å²) in [6, 6.07) is 13.9. The molecular formula is C24H24ClFN4O. The minimum Gasteiger partial charge on any atom is -0.368 e. The maximum Gasteiger partial charge on any atom is 0.222 e. The molecule has 0 spiro atoms. The molecule has 0 aliphatic carbocycles. The van der Waals surface area contributed by atoms with Crippen LogP contribution in [0, 0.1) is 5.82 Å². The maximum atomic E-state index is 13.1. The SMILES string of the molecule is Nc1ncc(-c2ccc(Cl)cc2)c([C@H]2CCCN(C(=O)CCc3ccc(F)cc3)C2)n1. The number of rotatable bonds is 5. The lowest BCUT2D eigenvalue weighted by molar-refractivity contribution is -0.132. The molecule has 1 aliphatic rings. The lowest BCUT2D eigenvalue weighted by atomic mass is 9.89. The van der Waals surface area contributed by atoms with Gasteiger partial charge >= 0.3 is 0 Å². The van der Waals surface area contributed by atoms with Crippen molar-refractivity contribution in [3.63, 3.8) is 0 Å². The summed E-state index contributed by atoms with van der Waals surface area (Å²) in [5.74, 6) is 0.144. The first-order chi connectivity index (χ1) is 15.0. The average molecular weight is 439 g/mol. The molecular weight excluding hydrogens is 415 g/mol. The standard InChI is InChI=1S/C24H24ClFN4O/c25-19-8-6-17(7-9-19)21-14-28-24(27)29-23(21)18-2-1-13-30(15-18)22(31)12-5-16-3-10-20(26)11-4-16/h3-4,6-11,14,18H,1-2,5,12-13,15H2,(H2,27,28,29)/t18-/m0/s1. The fraction of sp³-hybridized carbons (Fsp3) is 0.292. The van der Waals surface area contributed by atoms with Gasteiger partial charge < -0.3 is 10.6 Å². The van der Waals surface area contributed by atoms with Gasteiger partial charge in [-0.3, -0.25) is 4.79 Å². The first-order valence-electron chi connectivity index (χ1n) is 10.4. The summed E-state index contributed by atoms with van der Waals surface area (Å²) < 4.78 is 13.1. The molecule has 4 rings (SSSR count). The van der Waals surface area contributed by atoms with E-state index >= 15 is 0 Å². The predicted molar refractivity (Wildman–Crippen MR) is 120 cm³/mol. The topological polar surface area (TPSA) is 72.1 Å². The molecule has 0 unspecified atom stereocenters. The number of halogens is 2. The van der Waals surface area contributed by atoms with Crippen LogP contribution < -0.4 is 5.73 Å². The summed E-state index contributed by atoms with van der Waals surface area (Å²) in [7, 11) is 0. The smallest absolute Gasteiger partial charge is 0.222 e. The van der Waals surface area contributed by atoms with Crippen molar-refractivity contribution in [2.75, 3.05) is 18.8 Å². The molecule has 0 saturated carbocycles. The second kappa shape index (κ2) is 9.43. The van der Waals surface area contributed by atoms with Crippen molar-refractivity contribution in [2.24, 2.45) is 0 Å². The van der Waals surface area contributed by atoms with Crippen molar-refractivity contribution in [3.8, 4) is 11.1 Å². The molecule has 31 heavy (non-hydrogen) atoms. The zero-order chi connectivity index (χ0) is 21.8. The average Bonchev–Trinajstić information content (AvgIpc) is 2.79. The Labute approximate surface area is 186 Å². The monoisotopic (exact) mass is 438 g/mol. The summed E-state index contributed by atoms with van der Waals surface area (Å²) in [6.07, 6.45) is 4.57. The van der Waals surface area contributed by atoms with E-state index in [-0.39, 0.29) is 23.6 Å². The summed E-state index contributed by atoms with van der Waals surface area (Å²) in [4.78, 5) is 23.5. The van der Waals surface area contributed by atoms with Crippen LogP contribution in [-0.4, -0.2) is 33.9 Å². The molecule has 7 heteroatoms. The predicted octanol–water partition coefficient (Wildman–Crippen LogP) is 4.86. The molecule has 160 valence electrons. The number of nitrogen functional groups attached to an aromatic ring is 1. The molecule has 0 radical (unpaired) electrons. The van der Waals surface area contributed by atoms with Crippen molar-refractivity contribution < 1.29 is 9.18 Å². The molecule has 1 saturated heterocycles. The van der Waals surface area contributed by atoms with Crippen molar-refractivity contribution >= 4 is 23.5 Å². The van der Waals surface area contributed by atoms with Crippen LogP contribution in [0.2, 0.25) is 5.02 Å². The van der Waals surface area contributed by atoms with E-state index < -0.39 is 0 Å². The number of nitrogens with two attached hydrogens (primary N) is 1. The van der Waals surface area contributed by atoms with Crippen molar-refractivity contribution in [2.45, 2.75) is 31.6 Å². The van der Waals surface area contributed by atoms with Crippen LogP contribution in [0.3, 0.4) is 0 Å². The number of likely N-dealkylation sites (tertiary alicyclic amines) is 1. The highest BCUT2D eigenvalue weighted by Gasteiger charge is 2.28. The number of amides is 1. The fourth-order valence-electron chi connectivity index (χ4n) is 4.06. The Kier molecular flexibility index (Phi) is 6.47. The molecule has 3 aromatic rings. The summed E-state index contributed by atoms with van der Waals surface area (Å²) in [5.41, 5.74) is 9.61. The molecule has 1 fully saturated rings. The third kappa shape index (κ3) is 5.20. The van der Waals surface area contributed by atoms with E-state index in [9.17, 15) is 9.18 Å². The number of carbonyl (C=O) groups excluding carboxylic acids is 1. The number of nitrogens with zero attached hydrogens (tertiary/aromatic N) is 3. The lowest BCUT2D eigenvalue weighted by Gasteiger charge is -2.33. The first kappa shape index (κ1) is 21.2. The van der Waals surface area contributed by atoms with Gasteiger partial charge in [0.1, 0.15) is 5.82 Å². The van der Waals surface area contributed by atoms with Crippen molar-refractivity contribution in [3.05, 3.63) is 76.8 Å². The second-order valence-electron chi connectivity index (χ2n) is 7.84. The number of hydrogen-bond acceptors (Lipinski definition) is 4. The number of anilines is 1. The second-order valence-corrected chi connectivity index (χ2v) is 8.28. The number of carbonyl (C=O) groups is 1. The highest BCUT2D eigenvalue weighted by atomic mass is 35.5. The van der Waals surface area contributed by atoms with Gasteiger partial charge in [0.15, 0.2) is 0 Å². The van der Waals surface area contributed by atoms with Gasteiger partial charge in [0.2, 0.25) is 11.9 Å². The molecule has 2 heterocycles. The zero-order valence-corrected chi connectivity index (χ0v) is 17.9. The number of hydrogen-bond donors (Lipinski definition) is 1. The third-order valence-corrected chi connectivity index (χ3v) is 5.95. The van der Waals surface area contributed by atoms with Gasteiger partial charge in [-0.15, -0.1) is 0 Å². The summed E-state index contributed by atoms with van der Waals surface area (Å²) in [5, 5.41) is 0.664. The zero-order valence-electron chi connectivity index (χ0n) is 17.1. The Bertz CT molecular complexity index is 1060. The highest BCUT2D eigenvalue weighted by Crippen LogP contribution is 2.34. The van der Waals surface area contributed by atoms with Gasteiger partial charge in [0.25, 0.3) is 0 Å². The van der Waals surface area contributed by atoms with E-state index in [2.05, 4.69) is 9.97 Å². The van der Waals surface area contributed by atoms with E-state index in [0.717, 1.165) is 41.8 Å². The van der Waals surface area contributed by atoms with Crippen molar-refractivity contribution in [1.29, 1.82) is 0 Å². The first-order valence-corrected chi connectivity index (χ1v) is 10.8. The van der Waals surface area contributed by atoms with E-state index in [1.54, 1.807) is 18.3 Å². The van der Waals surface area contributed by atoms with Crippen LogP contribution in [0.4, 0.5) is 10.3 Å². The van der Waals surface area contributed by atoms with Crippen LogP contribution in [0.15, 0.2) is 54.7 Å². The van der Waals surface area contributed by atoms with Crippen LogP contribution in [-0.2, 0) is 11.2 Å². The van der Waals surface area contributed by atoms with Gasteiger partial charge in [-0.05, 0) is 54.7 Å². The van der Waals surface area contributed by atoms with E-state index in [4.69, 9.17) is 17.3 Å². The molecule has 1 aromatic heterocycles. The van der Waals surface area contributed by atoms with E-state index in [0.29, 0.717) is 24.4 Å². The number of aryl methyl sites for hydroxylation is 1. The fourth-order valence-corrected chi connectivity index (χ4v) is 4.19. The highest BCUT2D eigenvalue weighted by molar-refractivity contribution is 6.30. The Hall–Kier alpha value is -2.99. The summed E-state index contributed by atoms with van der Waals surface area (Å²) >= 11 is 6.03.